The van der Waals surface area contributed by atoms with Crippen LogP contribution in [-0.4, -0.2) is 12.4 Å². The average molecular weight is 280 g/mol. The Kier molecular flexibility index (Phi) is 4.44. The van der Waals surface area contributed by atoms with Crippen molar-refractivity contribution in [2.45, 2.75) is 19.3 Å². The van der Waals surface area contributed by atoms with Gasteiger partial charge in [-0.25, -0.2) is 0 Å². The van der Waals surface area contributed by atoms with E-state index in [4.69, 9.17) is 0 Å². The van der Waals surface area contributed by atoms with Gasteiger partial charge in [-0.2, -0.15) is 26.3 Å². The van der Waals surface area contributed by atoms with Crippen molar-refractivity contribution in [2.24, 2.45) is 0 Å². The summed E-state index contributed by atoms with van der Waals surface area (Å²) in [6.07, 6.45) is -8.48. The SMILES string of the molecule is C/C(=C\C=C(\c1ccccc1)C(F)(F)F)C(F)(F)F. The molecule has 0 radical (unpaired) electrons. The minimum absolute atomic E-state index is 0.179. The van der Waals surface area contributed by atoms with Gasteiger partial charge in [0.2, 0.25) is 0 Å². The number of halogens is 6. The number of allylic oxidation sites excluding steroid dienone is 4. The molecule has 1 rings (SSSR count). The third-order valence-corrected chi connectivity index (χ3v) is 2.34. The lowest BCUT2D eigenvalue weighted by Crippen LogP contribution is -2.11. The molecule has 0 aliphatic carbocycles. The predicted molar refractivity (Wildman–Crippen MR) is 60.3 cm³/mol. The number of hydrogen-bond donors (Lipinski definition) is 0. The molecule has 6 heteroatoms. The van der Waals surface area contributed by atoms with Crippen LogP contribution in [0.25, 0.3) is 5.57 Å². The van der Waals surface area contributed by atoms with Gasteiger partial charge in [-0.05, 0) is 18.6 Å². The van der Waals surface area contributed by atoms with E-state index in [0.29, 0.717) is 12.2 Å². The van der Waals surface area contributed by atoms with E-state index in [1.54, 1.807) is 0 Å². The fraction of sp³-hybridized carbons (Fsp3) is 0.231. The molecular formula is C13H10F6. The molecule has 0 atom stereocenters. The van der Waals surface area contributed by atoms with Crippen LogP contribution in [0.5, 0.6) is 0 Å². The van der Waals surface area contributed by atoms with E-state index in [2.05, 4.69) is 0 Å². The van der Waals surface area contributed by atoms with Crippen LogP contribution in [0.1, 0.15) is 12.5 Å². The van der Waals surface area contributed by atoms with E-state index in [1.807, 2.05) is 0 Å². The van der Waals surface area contributed by atoms with Crippen LogP contribution in [0.3, 0.4) is 0 Å². The van der Waals surface area contributed by atoms with Crippen molar-refractivity contribution in [3.05, 3.63) is 53.6 Å². The van der Waals surface area contributed by atoms with Gasteiger partial charge in [0.1, 0.15) is 0 Å². The molecule has 0 saturated heterocycles. The van der Waals surface area contributed by atoms with Gasteiger partial charge in [-0.3, -0.25) is 0 Å². The Hall–Kier alpha value is -1.72. The van der Waals surface area contributed by atoms with Crippen molar-refractivity contribution < 1.29 is 26.3 Å². The fourth-order valence-corrected chi connectivity index (χ4v) is 1.27. The molecule has 0 heterocycles. The number of rotatable bonds is 2. The molecule has 0 nitrogen and oxygen atoms in total. The van der Waals surface area contributed by atoms with Gasteiger partial charge in [0.25, 0.3) is 0 Å². The molecule has 0 saturated carbocycles. The summed E-state index contributed by atoms with van der Waals surface area (Å²) < 4.78 is 75.0. The van der Waals surface area contributed by atoms with E-state index in [1.165, 1.54) is 30.3 Å². The highest BCUT2D eigenvalue weighted by Gasteiger charge is 2.35. The molecule has 0 aromatic heterocycles. The molecule has 0 aliphatic rings. The summed E-state index contributed by atoms with van der Waals surface area (Å²) in [5.74, 6) is 0. The Bertz CT molecular complexity index is 476. The molecule has 0 N–H and O–H groups in total. The predicted octanol–water partition coefficient (Wildman–Crippen LogP) is 5.14. The van der Waals surface area contributed by atoms with E-state index in [9.17, 15) is 26.3 Å². The summed E-state index contributed by atoms with van der Waals surface area (Å²) in [4.78, 5) is 0. The third kappa shape index (κ3) is 4.46. The quantitative estimate of drug-likeness (QED) is 0.519. The largest absolute Gasteiger partial charge is 0.416 e. The summed E-state index contributed by atoms with van der Waals surface area (Å²) in [7, 11) is 0. The first-order valence-electron chi connectivity index (χ1n) is 5.21. The second-order valence-electron chi connectivity index (χ2n) is 3.79. The van der Waals surface area contributed by atoms with E-state index in [0.717, 1.165) is 6.92 Å². The molecule has 0 unspecified atom stereocenters. The molecule has 0 bridgehead atoms. The lowest BCUT2D eigenvalue weighted by molar-refractivity contribution is -0.0914. The minimum atomic E-state index is -4.72. The van der Waals surface area contributed by atoms with Crippen molar-refractivity contribution in [1.82, 2.24) is 0 Å². The number of benzene rings is 1. The highest BCUT2D eigenvalue weighted by atomic mass is 19.4. The number of alkyl halides is 6. The second-order valence-corrected chi connectivity index (χ2v) is 3.79. The molecule has 1 aromatic carbocycles. The highest BCUT2D eigenvalue weighted by molar-refractivity contribution is 5.71. The Labute approximate surface area is 106 Å². The average Bonchev–Trinajstić information content (AvgIpc) is 2.27. The van der Waals surface area contributed by atoms with Crippen molar-refractivity contribution in [3.63, 3.8) is 0 Å². The Morgan fingerprint density at radius 3 is 1.79 bits per heavy atom. The van der Waals surface area contributed by atoms with Gasteiger partial charge in [0, 0.05) is 5.57 Å². The Morgan fingerprint density at radius 2 is 1.37 bits per heavy atom. The van der Waals surface area contributed by atoms with Crippen LogP contribution in [-0.2, 0) is 0 Å². The van der Waals surface area contributed by atoms with Gasteiger partial charge in [0.05, 0.1) is 5.57 Å². The van der Waals surface area contributed by atoms with Gasteiger partial charge >= 0.3 is 12.4 Å². The molecule has 0 aliphatic heterocycles. The molecule has 0 amide bonds. The topological polar surface area (TPSA) is 0 Å². The van der Waals surface area contributed by atoms with Crippen LogP contribution in [0.4, 0.5) is 26.3 Å². The second kappa shape index (κ2) is 5.50. The minimum Gasteiger partial charge on any atom is -0.166 e. The summed E-state index contributed by atoms with van der Waals surface area (Å²) in [6.45, 7) is 0.718. The van der Waals surface area contributed by atoms with Crippen molar-refractivity contribution in [2.75, 3.05) is 0 Å². The van der Waals surface area contributed by atoms with Crippen LogP contribution >= 0.6 is 0 Å². The summed E-state index contributed by atoms with van der Waals surface area (Å²) in [5.41, 5.74) is -2.39. The van der Waals surface area contributed by atoms with E-state index < -0.39 is 23.5 Å². The van der Waals surface area contributed by atoms with Crippen LogP contribution < -0.4 is 0 Å². The van der Waals surface area contributed by atoms with Gasteiger partial charge < -0.3 is 0 Å². The standard InChI is InChI=1S/C13H10F6/c1-9(12(14,15)16)7-8-11(13(17,18)19)10-5-3-2-4-6-10/h2-8H,1H3/b9-7+,11-8-. The van der Waals surface area contributed by atoms with Gasteiger partial charge in [-0.15, -0.1) is 0 Å². The van der Waals surface area contributed by atoms with Gasteiger partial charge in [-0.1, -0.05) is 36.4 Å². The van der Waals surface area contributed by atoms with Crippen molar-refractivity contribution in [1.29, 1.82) is 0 Å². The normalized spacial score (nSPS) is 14.7. The zero-order valence-electron chi connectivity index (χ0n) is 9.81. The van der Waals surface area contributed by atoms with Crippen LogP contribution in [0, 0.1) is 0 Å². The van der Waals surface area contributed by atoms with Crippen molar-refractivity contribution in [3.8, 4) is 0 Å². The zero-order chi connectivity index (χ0) is 14.7. The Balaban J connectivity index is 3.22. The number of hydrogen-bond acceptors (Lipinski definition) is 0. The lowest BCUT2D eigenvalue weighted by atomic mass is 10.0. The van der Waals surface area contributed by atoms with Crippen molar-refractivity contribution >= 4 is 5.57 Å². The third-order valence-electron chi connectivity index (χ3n) is 2.34. The maximum Gasteiger partial charge on any atom is 0.416 e. The summed E-state index contributed by atoms with van der Waals surface area (Å²) in [6, 6.07) is 6.67. The Morgan fingerprint density at radius 1 is 0.842 bits per heavy atom. The van der Waals surface area contributed by atoms with E-state index >= 15 is 0 Å². The first-order chi connectivity index (χ1) is 8.62. The molecule has 19 heavy (non-hydrogen) atoms. The fourth-order valence-electron chi connectivity index (χ4n) is 1.27. The molecule has 1 aromatic rings. The zero-order valence-corrected chi connectivity index (χ0v) is 9.81. The first-order valence-corrected chi connectivity index (χ1v) is 5.21. The monoisotopic (exact) mass is 280 g/mol. The molecule has 0 spiro atoms. The molecular weight excluding hydrogens is 270 g/mol. The van der Waals surface area contributed by atoms with E-state index in [-0.39, 0.29) is 5.56 Å². The van der Waals surface area contributed by atoms with Gasteiger partial charge in [0.15, 0.2) is 0 Å². The first kappa shape index (κ1) is 15.3. The smallest absolute Gasteiger partial charge is 0.166 e. The maximum atomic E-state index is 12.8. The highest BCUT2D eigenvalue weighted by Crippen LogP contribution is 2.34. The summed E-state index contributed by atoms with van der Waals surface area (Å²) in [5, 5.41) is 0. The van der Waals surface area contributed by atoms with Crippen LogP contribution in [0.2, 0.25) is 0 Å². The maximum absolute atomic E-state index is 12.8. The van der Waals surface area contributed by atoms with Crippen LogP contribution in [0.15, 0.2) is 48.1 Å². The lowest BCUT2D eigenvalue weighted by Gasteiger charge is -2.12. The molecule has 104 valence electrons. The molecule has 0 fully saturated rings. The summed E-state index contributed by atoms with van der Waals surface area (Å²) >= 11 is 0.